The minimum Gasteiger partial charge on any atom is -0.486 e. The van der Waals surface area contributed by atoms with E-state index >= 15 is 0 Å². The van der Waals surface area contributed by atoms with E-state index < -0.39 is 10.8 Å². The van der Waals surface area contributed by atoms with E-state index in [1.165, 1.54) is 6.07 Å². The largest absolute Gasteiger partial charge is 0.486 e. The highest BCUT2D eigenvalue weighted by Gasteiger charge is 2.33. The van der Waals surface area contributed by atoms with Gasteiger partial charge in [0.15, 0.2) is 11.5 Å². The quantitative estimate of drug-likeness (QED) is 0.446. The van der Waals surface area contributed by atoms with Gasteiger partial charge >= 0.3 is 0 Å². The molecular weight excluding hydrogens is 362 g/mol. The molecule has 0 spiro atoms. The summed E-state index contributed by atoms with van der Waals surface area (Å²) in [6.45, 7) is 4.75. The molecule has 1 aromatic carbocycles. The number of fused-ring (bicyclic) bond motifs is 1. The summed E-state index contributed by atoms with van der Waals surface area (Å²) < 4.78 is 23.1. The molecular formula is C21H21NO6. The number of ether oxygens (including phenoxy) is 2. The lowest BCUT2D eigenvalue weighted by molar-refractivity contribution is -0.385. The number of benzene rings is 1. The van der Waals surface area contributed by atoms with Crippen LogP contribution in [0.4, 0.5) is 5.69 Å². The molecule has 0 radical (unpaired) electrons. The van der Waals surface area contributed by atoms with E-state index in [9.17, 15) is 10.1 Å². The number of rotatable bonds is 6. The number of aryl methyl sites for hydroxylation is 2. The van der Waals surface area contributed by atoms with E-state index in [0.29, 0.717) is 41.8 Å². The number of nitro benzene ring substituents is 1. The van der Waals surface area contributed by atoms with Gasteiger partial charge in [-0.15, -0.1) is 0 Å². The molecule has 0 N–H and O–H groups in total. The molecule has 0 atom stereocenters. The molecule has 0 saturated carbocycles. The molecule has 2 aromatic heterocycles. The predicted molar refractivity (Wildman–Crippen MR) is 101 cm³/mol. The van der Waals surface area contributed by atoms with Crippen LogP contribution in [-0.4, -0.2) is 18.1 Å². The van der Waals surface area contributed by atoms with Gasteiger partial charge in [0.1, 0.15) is 42.2 Å². The average molecular weight is 383 g/mol. The molecule has 4 rings (SSSR count). The molecule has 0 unspecified atom stereocenters. The monoisotopic (exact) mass is 383 g/mol. The third-order valence-corrected chi connectivity index (χ3v) is 4.83. The summed E-state index contributed by atoms with van der Waals surface area (Å²) in [4.78, 5) is 11.4. The van der Waals surface area contributed by atoms with Crippen LogP contribution < -0.4 is 9.47 Å². The molecule has 1 aliphatic heterocycles. The van der Waals surface area contributed by atoms with Crippen LogP contribution in [0.5, 0.6) is 11.5 Å². The van der Waals surface area contributed by atoms with E-state index in [1.807, 2.05) is 38.1 Å². The van der Waals surface area contributed by atoms with Crippen molar-refractivity contribution in [2.24, 2.45) is 0 Å². The zero-order valence-corrected chi connectivity index (χ0v) is 15.8. The first kappa shape index (κ1) is 18.2. The van der Waals surface area contributed by atoms with E-state index in [0.717, 1.165) is 24.4 Å². The molecule has 0 fully saturated rings. The smallest absolute Gasteiger partial charge is 0.277 e. The standard InChI is InChI=1S/C21H21NO6/c1-3-13-5-7-17(27-13)21(18-8-6-14(4-2)28-18)15-11-19-20(26-10-9-25-19)12-16(15)22(23)24/h5-8,11-12,21H,3-4,9-10H2,1-2H3. The minimum absolute atomic E-state index is 0.0573. The summed E-state index contributed by atoms with van der Waals surface area (Å²) >= 11 is 0. The van der Waals surface area contributed by atoms with Crippen molar-refractivity contribution >= 4 is 5.69 Å². The normalized spacial score (nSPS) is 13.1. The van der Waals surface area contributed by atoms with Crippen molar-refractivity contribution < 1.29 is 23.2 Å². The van der Waals surface area contributed by atoms with Crippen molar-refractivity contribution in [3.63, 3.8) is 0 Å². The Morgan fingerprint density at radius 1 is 0.929 bits per heavy atom. The highest BCUT2D eigenvalue weighted by atomic mass is 16.6. The Bertz CT molecular complexity index is 960. The lowest BCUT2D eigenvalue weighted by Gasteiger charge is -2.21. The summed E-state index contributed by atoms with van der Waals surface area (Å²) in [5, 5.41) is 11.8. The molecule has 0 bridgehead atoms. The molecule has 7 heteroatoms. The second-order valence-electron chi connectivity index (χ2n) is 6.56. The summed E-state index contributed by atoms with van der Waals surface area (Å²) in [5.74, 6) is 3.10. The van der Waals surface area contributed by atoms with Gasteiger partial charge in [-0.05, 0) is 30.3 Å². The second-order valence-corrected chi connectivity index (χ2v) is 6.56. The molecule has 1 aliphatic rings. The van der Waals surface area contributed by atoms with E-state index in [-0.39, 0.29) is 5.69 Å². The zero-order valence-electron chi connectivity index (χ0n) is 15.8. The lowest BCUT2D eigenvalue weighted by Crippen LogP contribution is -2.16. The summed E-state index contributed by atoms with van der Waals surface area (Å²) in [6, 6.07) is 10.5. The SMILES string of the molecule is CCc1ccc(C(c2ccc(CC)o2)c2cc3c(cc2[N+](=O)[O-])OCCO3)o1. The van der Waals surface area contributed by atoms with E-state index in [1.54, 1.807) is 6.07 Å². The number of hydrogen-bond donors (Lipinski definition) is 0. The maximum absolute atomic E-state index is 11.8. The van der Waals surface area contributed by atoms with Crippen molar-refractivity contribution in [3.05, 3.63) is 75.1 Å². The Hall–Kier alpha value is -3.22. The first-order valence-electron chi connectivity index (χ1n) is 9.35. The minimum atomic E-state index is -0.558. The molecule has 0 saturated heterocycles. The predicted octanol–water partition coefficient (Wildman–Crippen LogP) is 4.86. The summed E-state index contributed by atoms with van der Waals surface area (Å²) in [7, 11) is 0. The van der Waals surface area contributed by atoms with Crippen molar-refractivity contribution in [3.8, 4) is 11.5 Å². The molecule has 7 nitrogen and oxygen atoms in total. The maximum Gasteiger partial charge on any atom is 0.277 e. The van der Waals surface area contributed by atoms with Crippen molar-refractivity contribution in [2.45, 2.75) is 32.6 Å². The number of nitrogens with zero attached hydrogens (tertiary/aromatic N) is 1. The fourth-order valence-corrected chi connectivity index (χ4v) is 3.41. The molecule has 0 amide bonds. The molecule has 3 aromatic rings. The van der Waals surface area contributed by atoms with Gasteiger partial charge in [-0.2, -0.15) is 0 Å². The van der Waals surface area contributed by atoms with E-state index in [2.05, 4.69) is 0 Å². The van der Waals surface area contributed by atoms with Crippen molar-refractivity contribution in [1.82, 2.24) is 0 Å². The highest BCUT2D eigenvalue weighted by molar-refractivity contribution is 5.59. The fourth-order valence-electron chi connectivity index (χ4n) is 3.41. The van der Waals surface area contributed by atoms with Gasteiger partial charge in [-0.25, -0.2) is 0 Å². The Morgan fingerprint density at radius 3 is 1.93 bits per heavy atom. The fraction of sp³-hybridized carbons (Fsp3) is 0.333. The van der Waals surface area contributed by atoms with Crippen LogP contribution >= 0.6 is 0 Å². The van der Waals surface area contributed by atoms with Crippen LogP contribution in [0.2, 0.25) is 0 Å². The van der Waals surface area contributed by atoms with Crippen LogP contribution in [0.25, 0.3) is 0 Å². The third kappa shape index (κ3) is 3.24. The average Bonchev–Trinajstić information content (AvgIpc) is 3.37. The van der Waals surface area contributed by atoms with Gasteiger partial charge in [0.25, 0.3) is 5.69 Å². The van der Waals surface area contributed by atoms with Gasteiger partial charge in [-0.3, -0.25) is 10.1 Å². The number of nitro groups is 1. The van der Waals surface area contributed by atoms with Crippen molar-refractivity contribution in [2.75, 3.05) is 13.2 Å². The lowest BCUT2D eigenvalue weighted by atomic mass is 9.92. The van der Waals surface area contributed by atoms with Gasteiger partial charge < -0.3 is 18.3 Å². The number of furan rings is 2. The van der Waals surface area contributed by atoms with Crippen LogP contribution in [0.15, 0.2) is 45.2 Å². The molecule has 3 heterocycles. The molecule has 146 valence electrons. The Balaban J connectivity index is 1.91. The Labute approximate surface area is 162 Å². The summed E-state index contributed by atoms with van der Waals surface area (Å²) in [5.41, 5.74) is 0.390. The van der Waals surface area contributed by atoms with Crippen LogP contribution in [-0.2, 0) is 12.8 Å². The van der Waals surface area contributed by atoms with Gasteiger partial charge in [0.05, 0.1) is 16.6 Å². The third-order valence-electron chi connectivity index (χ3n) is 4.83. The van der Waals surface area contributed by atoms with E-state index in [4.69, 9.17) is 18.3 Å². The Kier molecular flexibility index (Phi) is 4.81. The van der Waals surface area contributed by atoms with Gasteiger partial charge in [-0.1, -0.05) is 13.8 Å². The highest BCUT2D eigenvalue weighted by Crippen LogP contribution is 2.44. The van der Waals surface area contributed by atoms with Crippen LogP contribution in [0.1, 0.15) is 48.4 Å². The van der Waals surface area contributed by atoms with Gasteiger partial charge in [0, 0.05) is 12.8 Å². The molecule has 28 heavy (non-hydrogen) atoms. The Morgan fingerprint density at radius 2 is 1.46 bits per heavy atom. The second kappa shape index (κ2) is 7.42. The maximum atomic E-state index is 11.8. The van der Waals surface area contributed by atoms with Crippen LogP contribution in [0.3, 0.4) is 0 Å². The topological polar surface area (TPSA) is 87.9 Å². The number of hydrogen-bond acceptors (Lipinski definition) is 6. The first-order chi connectivity index (χ1) is 13.6. The van der Waals surface area contributed by atoms with Gasteiger partial charge in [0.2, 0.25) is 0 Å². The summed E-state index contributed by atoms with van der Waals surface area (Å²) in [6.07, 6.45) is 1.46. The zero-order chi connectivity index (χ0) is 19.7. The van der Waals surface area contributed by atoms with Crippen molar-refractivity contribution in [1.29, 1.82) is 0 Å². The van der Waals surface area contributed by atoms with Crippen LogP contribution in [0, 0.1) is 10.1 Å². The molecule has 0 aliphatic carbocycles. The first-order valence-corrected chi connectivity index (χ1v) is 9.35.